The van der Waals surface area contributed by atoms with Crippen LogP contribution in [-0.4, -0.2) is 16.8 Å². The van der Waals surface area contributed by atoms with E-state index in [9.17, 15) is 0 Å². The lowest BCUT2D eigenvalue weighted by Crippen LogP contribution is -2.20. The molecule has 2 aromatic rings. The SMILES string of the molecule is CNC(c1cc2c(s1)CCCCC2)c1c(Cl)cnn1C. The molecule has 1 aliphatic rings. The van der Waals surface area contributed by atoms with Crippen molar-refractivity contribution in [3.05, 3.63) is 38.3 Å². The molecule has 0 aromatic carbocycles. The van der Waals surface area contributed by atoms with Crippen LogP contribution in [0.25, 0.3) is 0 Å². The van der Waals surface area contributed by atoms with E-state index in [2.05, 4.69) is 16.5 Å². The average molecular weight is 310 g/mol. The Morgan fingerprint density at radius 3 is 2.85 bits per heavy atom. The molecule has 0 aliphatic heterocycles. The molecule has 2 aromatic heterocycles. The van der Waals surface area contributed by atoms with Crippen molar-refractivity contribution in [2.75, 3.05) is 7.05 Å². The van der Waals surface area contributed by atoms with Crippen LogP contribution in [0, 0.1) is 0 Å². The number of rotatable bonds is 3. The largest absolute Gasteiger partial charge is 0.307 e. The van der Waals surface area contributed by atoms with E-state index in [1.165, 1.54) is 37.0 Å². The molecule has 108 valence electrons. The minimum atomic E-state index is 0.131. The molecule has 3 rings (SSSR count). The lowest BCUT2D eigenvalue weighted by Gasteiger charge is -2.15. The Hall–Kier alpha value is -0.840. The van der Waals surface area contributed by atoms with Crippen LogP contribution in [-0.2, 0) is 19.9 Å². The molecule has 1 aliphatic carbocycles. The van der Waals surface area contributed by atoms with Crippen LogP contribution >= 0.6 is 22.9 Å². The van der Waals surface area contributed by atoms with E-state index in [0.717, 1.165) is 10.7 Å². The van der Waals surface area contributed by atoms with Crippen molar-refractivity contribution >= 4 is 22.9 Å². The molecule has 0 saturated heterocycles. The fourth-order valence-corrected chi connectivity index (χ4v) is 4.64. The number of fused-ring (bicyclic) bond motifs is 1. The Balaban J connectivity index is 1.98. The molecular weight excluding hydrogens is 290 g/mol. The fraction of sp³-hybridized carbons (Fsp3) is 0.533. The molecular formula is C15H20ClN3S. The molecule has 1 unspecified atom stereocenters. The molecule has 5 heteroatoms. The normalized spacial score (nSPS) is 16.8. The summed E-state index contributed by atoms with van der Waals surface area (Å²) in [5.74, 6) is 0. The van der Waals surface area contributed by atoms with Crippen molar-refractivity contribution in [1.29, 1.82) is 0 Å². The molecule has 20 heavy (non-hydrogen) atoms. The number of halogens is 1. The third kappa shape index (κ3) is 2.52. The number of hydrogen-bond donors (Lipinski definition) is 1. The summed E-state index contributed by atoms with van der Waals surface area (Å²) in [7, 11) is 3.93. The number of nitrogens with one attached hydrogen (secondary N) is 1. The average Bonchev–Trinajstić information content (AvgIpc) is 2.90. The van der Waals surface area contributed by atoms with Gasteiger partial charge in [0, 0.05) is 16.8 Å². The summed E-state index contributed by atoms with van der Waals surface area (Å²) in [6.45, 7) is 0. The minimum Gasteiger partial charge on any atom is -0.307 e. The highest BCUT2D eigenvalue weighted by molar-refractivity contribution is 7.12. The number of nitrogens with zero attached hydrogens (tertiary/aromatic N) is 2. The van der Waals surface area contributed by atoms with Gasteiger partial charge in [-0.25, -0.2) is 0 Å². The van der Waals surface area contributed by atoms with Gasteiger partial charge in [-0.1, -0.05) is 18.0 Å². The summed E-state index contributed by atoms with van der Waals surface area (Å²) in [5, 5.41) is 8.38. The molecule has 0 radical (unpaired) electrons. The molecule has 0 bridgehead atoms. The van der Waals surface area contributed by atoms with E-state index in [4.69, 9.17) is 11.6 Å². The summed E-state index contributed by atoms with van der Waals surface area (Å²) in [6, 6.07) is 2.50. The maximum absolute atomic E-state index is 6.30. The highest BCUT2D eigenvalue weighted by atomic mass is 35.5. The van der Waals surface area contributed by atoms with Crippen molar-refractivity contribution in [2.45, 2.75) is 38.1 Å². The third-order valence-electron chi connectivity index (χ3n) is 4.05. The predicted octanol–water partition coefficient (Wildman–Crippen LogP) is 3.71. The Morgan fingerprint density at radius 1 is 1.35 bits per heavy atom. The molecule has 0 spiro atoms. The first-order valence-corrected chi connectivity index (χ1v) is 8.36. The van der Waals surface area contributed by atoms with Gasteiger partial charge in [-0.3, -0.25) is 4.68 Å². The quantitative estimate of drug-likeness (QED) is 0.876. The van der Waals surface area contributed by atoms with Crippen LogP contribution < -0.4 is 5.32 Å². The zero-order valence-corrected chi connectivity index (χ0v) is 13.5. The molecule has 3 nitrogen and oxygen atoms in total. The highest BCUT2D eigenvalue weighted by Crippen LogP contribution is 2.36. The smallest absolute Gasteiger partial charge is 0.0854 e. The highest BCUT2D eigenvalue weighted by Gasteiger charge is 2.23. The first-order valence-electron chi connectivity index (χ1n) is 7.17. The predicted molar refractivity (Wildman–Crippen MR) is 84.7 cm³/mol. The summed E-state index contributed by atoms with van der Waals surface area (Å²) in [6.07, 6.45) is 8.18. The number of aromatic nitrogens is 2. The van der Waals surface area contributed by atoms with Crippen molar-refractivity contribution < 1.29 is 0 Å². The Morgan fingerprint density at radius 2 is 2.15 bits per heavy atom. The summed E-state index contributed by atoms with van der Waals surface area (Å²) >= 11 is 8.24. The number of thiophene rings is 1. The van der Waals surface area contributed by atoms with Gasteiger partial charge >= 0.3 is 0 Å². The summed E-state index contributed by atoms with van der Waals surface area (Å²) in [5.41, 5.74) is 2.59. The summed E-state index contributed by atoms with van der Waals surface area (Å²) in [4.78, 5) is 2.92. The van der Waals surface area contributed by atoms with Gasteiger partial charge in [0.25, 0.3) is 0 Å². The van der Waals surface area contributed by atoms with Crippen LogP contribution in [0.3, 0.4) is 0 Å². The van der Waals surface area contributed by atoms with Crippen molar-refractivity contribution in [3.8, 4) is 0 Å². The van der Waals surface area contributed by atoms with Gasteiger partial charge in [0.05, 0.1) is 23.0 Å². The van der Waals surface area contributed by atoms with Crippen LogP contribution in [0.15, 0.2) is 12.3 Å². The second-order valence-electron chi connectivity index (χ2n) is 5.38. The van der Waals surface area contributed by atoms with E-state index < -0.39 is 0 Å². The second-order valence-corrected chi connectivity index (χ2v) is 6.96. The van der Waals surface area contributed by atoms with Crippen molar-refractivity contribution in [1.82, 2.24) is 15.1 Å². The Labute approximate surface area is 129 Å². The molecule has 0 amide bonds. The first-order chi connectivity index (χ1) is 9.70. The van der Waals surface area contributed by atoms with Gasteiger partial charge in [0.15, 0.2) is 0 Å². The molecule has 1 N–H and O–H groups in total. The van der Waals surface area contributed by atoms with Gasteiger partial charge in [-0.05, 0) is 44.4 Å². The molecule has 0 saturated carbocycles. The number of aryl methyl sites for hydroxylation is 3. The minimum absolute atomic E-state index is 0.131. The Kier molecular flexibility index (Phi) is 4.15. The van der Waals surface area contributed by atoms with Crippen molar-refractivity contribution in [2.24, 2.45) is 7.05 Å². The summed E-state index contributed by atoms with van der Waals surface area (Å²) < 4.78 is 1.87. The maximum atomic E-state index is 6.30. The molecule has 2 heterocycles. The zero-order chi connectivity index (χ0) is 14.1. The molecule has 1 atom stereocenters. The second kappa shape index (κ2) is 5.88. The van der Waals surface area contributed by atoms with E-state index in [1.807, 2.05) is 30.1 Å². The monoisotopic (exact) mass is 309 g/mol. The molecule has 0 fully saturated rings. The van der Waals surface area contributed by atoms with E-state index in [1.54, 1.807) is 16.6 Å². The maximum Gasteiger partial charge on any atom is 0.0854 e. The fourth-order valence-electron chi connectivity index (χ4n) is 2.99. The Bertz CT molecular complexity index is 559. The van der Waals surface area contributed by atoms with Gasteiger partial charge < -0.3 is 5.32 Å². The van der Waals surface area contributed by atoms with Gasteiger partial charge in [0.1, 0.15) is 0 Å². The topological polar surface area (TPSA) is 29.9 Å². The standard InChI is InChI=1S/C15H20ClN3S/c1-17-14(15-11(16)9-18-19(15)2)13-8-10-6-4-3-5-7-12(10)20-13/h8-9,14,17H,3-7H2,1-2H3. The zero-order valence-electron chi connectivity index (χ0n) is 11.9. The lowest BCUT2D eigenvalue weighted by atomic mass is 10.1. The first kappa shape index (κ1) is 14.1. The van der Waals surface area contributed by atoms with Crippen LogP contribution in [0.2, 0.25) is 5.02 Å². The van der Waals surface area contributed by atoms with Gasteiger partial charge in [-0.2, -0.15) is 5.10 Å². The van der Waals surface area contributed by atoms with Crippen LogP contribution in [0.5, 0.6) is 0 Å². The third-order valence-corrected chi connectivity index (χ3v) is 5.64. The lowest BCUT2D eigenvalue weighted by molar-refractivity contribution is 0.612. The number of hydrogen-bond acceptors (Lipinski definition) is 3. The van der Waals surface area contributed by atoms with Gasteiger partial charge in [0.2, 0.25) is 0 Å². The van der Waals surface area contributed by atoms with Crippen LogP contribution in [0.1, 0.15) is 46.3 Å². The van der Waals surface area contributed by atoms with Crippen molar-refractivity contribution in [3.63, 3.8) is 0 Å². The van der Waals surface area contributed by atoms with E-state index >= 15 is 0 Å². The van der Waals surface area contributed by atoms with Gasteiger partial charge in [-0.15, -0.1) is 11.3 Å². The van der Waals surface area contributed by atoms with Crippen LogP contribution in [0.4, 0.5) is 0 Å². The van der Waals surface area contributed by atoms with E-state index in [0.29, 0.717) is 0 Å². The van der Waals surface area contributed by atoms with E-state index in [-0.39, 0.29) is 6.04 Å².